The first-order valence-electron chi connectivity index (χ1n) is 7.86. The van der Waals surface area contributed by atoms with Gasteiger partial charge >= 0.3 is 0 Å². The summed E-state index contributed by atoms with van der Waals surface area (Å²) in [5.41, 5.74) is 2.06. The molecule has 2 N–H and O–H groups in total. The van der Waals surface area contributed by atoms with Gasteiger partial charge in [0.15, 0.2) is 0 Å². The van der Waals surface area contributed by atoms with Crippen LogP contribution >= 0.6 is 23.2 Å². The number of aromatic amines is 1. The van der Waals surface area contributed by atoms with Crippen molar-refractivity contribution in [2.45, 2.75) is 4.90 Å². The van der Waals surface area contributed by atoms with E-state index in [1.54, 1.807) is 36.4 Å². The van der Waals surface area contributed by atoms with Gasteiger partial charge in [-0.05, 0) is 50.5 Å². The van der Waals surface area contributed by atoms with E-state index in [1.807, 2.05) is 19.0 Å². The van der Waals surface area contributed by atoms with E-state index in [0.29, 0.717) is 40.0 Å². The lowest BCUT2D eigenvalue weighted by Gasteiger charge is -2.10. The van der Waals surface area contributed by atoms with Crippen molar-refractivity contribution in [1.82, 2.24) is 19.6 Å². The second-order valence-electron chi connectivity index (χ2n) is 6.09. The summed E-state index contributed by atoms with van der Waals surface area (Å²) < 4.78 is 27.4. The number of H-pyrrole nitrogens is 1. The molecule has 3 rings (SSSR count). The molecule has 0 atom stereocenters. The van der Waals surface area contributed by atoms with Gasteiger partial charge in [-0.1, -0.05) is 23.2 Å². The average molecular weight is 413 g/mol. The minimum Gasteiger partial charge on any atom is -0.338 e. The summed E-state index contributed by atoms with van der Waals surface area (Å²) in [6, 6.07) is 9.99. The van der Waals surface area contributed by atoms with Gasteiger partial charge in [0.05, 0.1) is 26.0 Å². The summed E-state index contributed by atoms with van der Waals surface area (Å²) in [6.07, 6.45) is 0. The van der Waals surface area contributed by atoms with Crippen LogP contribution in [0, 0.1) is 0 Å². The number of sulfonamides is 1. The molecule has 2 aromatic carbocycles. The molecule has 0 saturated carbocycles. The summed E-state index contributed by atoms with van der Waals surface area (Å²) in [7, 11) is 0.191. The highest BCUT2D eigenvalue weighted by molar-refractivity contribution is 7.89. The van der Waals surface area contributed by atoms with Gasteiger partial charge in [-0.3, -0.25) is 0 Å². The van der Waals surface area contributed by atoms with E-state index in [1.165, 1.54) is 0 Å². The number of benzene rings is 2. The third-order valence-corrected chi connectivity index (χ3v) is 6.01. The fraction of sp³-hybridized carbons (Fsp3) is 0.235. The quantitative estimate of drug-likeness (QED) is 0.650. The zero-order chi connectivity index (χ0) is 18.9. The van der Waals surface area contributed by atoms with Crippen molar-refractivity contribution in [3.63, 3.8) is 0 Å². The molecule has 0 radical (unpaired) electrons. The fourth-order valence-corrected chi connectivity index (χ4v) is 3.77. The Morgan fingerprint density at radius 3 is 2.58 bits per heavy atom. The molecular formula is C17H18Cl2N4O2S. The summed E-state index contributed by atoms with van der Waals surface area (Å²) in [4.78, 5) is 9.71. The molecule has 0 aliphatic rings. The highest BCUT2D eigenvalue weighted by Crippen LogP contribution is 2.28. The molecule has 0 bridgehead atoms. The van der Waals surface area contributed by atoms with Crippen molar-refractivity contribution < 1.29 is 8.42 Å². The first kappa shape index (κ1) is 19.1. The van der Waals surface area contributed by atoms with E-state index in [2.05, 4.69) is 14.7 Å². The van der Waals surface area contributed by atoms with E-state index in [-0.39, 0.29) is 4.90 Å². The van der Waals surface area contributed by atoms with E-state index in [9.17, 15) is 8.42 Å². The second-order valence-corrected chi connectivity index (χ2v) is 8.68. The lowest BCUT2D eigenvalue weighted by molar-refractivity contribution is 0.412. The van der Waals surface area contributed by atoms with E-state index >= 15 is 0 Å². The van der Waals surface area contributed by atoms with E-state index in [0.717, 1.165) is 5.56 Å². The lowest BCUT2D eigenvalue weighted by Crippen LogP contribution is -2.31. The van der Waals surface area contributed by atoms with Crippen LogP contribution in [0.15, 0.2) is 41.3 Å². The summed E-state index contributed by atoms with van der Waals surface area (Å²) in [5.74, 6) is 0.591. The minimum atomic E-state index is -3.58. The van der Waals surface area contributed by atoms with Crippen LogP contribution in [-0.4, -0.2) is 50.5 Å². The van der Waals surface area contributed by atoms with Gasteiger partial charge in [0, 0.05) is 18.7 Å². The Kier molecular flexibility index (Phi) is 5.55. The van der Waals surface area contributed by atoms with Gasteiger partial charge in [-0.2, -0.15) is 0 Å². The fourth-order valence-electron chi connectivity index (χ4n) is 2.42. The smallest absolute Gasteiger partial charge is 0.240 e. The highest BCUT2D eigenvalue weighted by Gasteiger charge is 2.16. The van der Waals surface area contributed by atoms with Crippen molar-refractivity contribution in [3.8, 4) is 11.4 Å². The number of hydrogen-bond acceptors (Lipinski definition) is 4. The van der Waals surface area contributed by atoms with Gasteiger partial charge in [0.2, 0.25) is 10.0 Å². The maximum Gasteiger partial charge on any atom is 0.240 e. The van der Waals surface area contributed by atoms with Gasteiger partial charge in [-0.25, -0.2) is 18.1 Å². The molecule has 0 unspecified atom stereocenters. The SMILES string of the molecule is CN(C)CCNS(=O)(=O)c1ccc2nc(-c3ccc(Cl)c(Cl)c3)[nH]c2c1. The van der Waals surface area contributed by atoms with Crippen LogP contribution in [0.3, 0.4) is 0 Å². The molecule has 3 aromatic rings. The van der Waals surface area contributed by atoms with Gasteiger partial charge in [0.25, 0.3) is 0 Å². The summed E-state index contributed by atoms with van der Waals surface area (Å²) in [6.45, 7) is 0.956. The molecule has 138 valence electrons. The third kappa shape index (κ3) is 4.19. The maximum atomic E-state index is 12.4. The Balaban J connectivity index is 1.91. The zero-order valence-corrected chi connectivity index (χ0v) is 16.6. The maximum absolute atomic E-state index is 12.4. The van der Waals surface area contributed by atoms with Crippen LogP contribution in [0.5, 0.6) is 0 Å². The number of nitrogens with zero attached hydrogens (tertiary/aromatic N) is 2. The minimum absolute atomic E-state index is 0.188. The number of nitrogens with one attached hydrogen (secondary N) is 2. The molecule has 0 fully saturated rings. The number of imidazole rings is 1. The van der Waals surface area contributed by atoms with Crippen molar-refractivity contribution in [3.05, 3.63) is 46.4 Å². The predicted octanol–water partition coefficient (Wildman–Crippen LogP) is 3.38. The molecule has 0 aliphatic carbocycles. The molecule has 26 heavy (non-hydrogen) atoms. The molecular weight excluding hydrogens is 395 g/mol. The lowest BCUT2D eigenvalue weighted by atomic mass is 10.2. The van der Waals surface area contributed by atoms with Crippen LogP contribution in [0.2, 0.25) is 10.0 Å². The van der Waals surface area contributed by atoms with Gasteiger partial charge < -0.3 is 9.88 Å². The van der Waals surface area contributed by atoms with Crippen molar-refractivity contribution in [1.29, 1.82) is 0 Å². The Hall–Kier alpha value is -1.64. The molecule has 0 spiro atoms. The number of likely N-dealkylation sites (N-methyl/N-ethyl adjacent to an activating group) is 1. The molecule has 9 heteroatoms. The Labute approximate surface area is 162 Å². The molecule has 1 aromatic heterocycles. The van der Waals surface area contributed by atoms with Crippen LogP contribution in [0.25, 0.3) is 22.4 Å². The highest BCUT2D eigenvalue weighted by atomic mass is 35.5. The third-order valence-electron chi connectivity index (χ3n) is 3.81. The van der Waals surface area contributed by atoms with Crippen LogP contribution in [-0.2, 0) is 10.0 Å². The number of halogens is 2. The van der Waals surface area contributed by atoms with Gasteiger partial charge in [0.1, 0.15) is 5.82 Å². The molecule has 6 nitrogen and oxygen atoms in total. The average Bonchev–Trinajstić information content (AvgIpc) is 3.00. The monoisotopic (exact) mass is 412 g/mol. The molecule has 0 aliphatic heterocycles. The first-order chi connectivity index (χ1) is 12.3. The van der Waals surface area contributed by atoms with Crippen molar-refractivity contribution in [2.75, 3.05) is 27.2 Å². The van der Waals surface area contributed by atoms with E-state index < -0.39 is 10.0 Å². The Morgan fingerprint density at radius 2 is 1.88 bits per heavy atom. The summed E-state index contributed by atoms with van der Waals surface area (Å²) >= 11 is 12.0. The van der Waals surface area contributed by atoms with Crippen molar-refractivity contribution >= 4 is 44.3 Å². The number of hydrogen-bond donors (Lipinski definition) is 2. The van der Waals surface area contributed by atoms with Crippen LogP contribution in [0.1, 0.15) is 0 Å². The molecule has 0 amide bonds. The normalized spacial score (nSPS) is 12.2. The van der Waals surface area contributed by atoms with Crippen LogP contribution in [0.4, 0.5) is 0 Å². The van der Waals surface area contributed by atoms with Gasteiger partial charge in [-0.15, -0.1) is 0 Å². The van der Waals surface area contributed by atoms with E-state index in [4.69, 9.17) is 23.2 Å². The van der Waals surface area contributed by atoms with Crippen LogP contribution < -0.4 is 4.72 Å². The standard InChI is InChI=1S/C17H18Cl2N4O2S/c1-23(2)8-7-20-26(24,25)12-4-6-15-16(10-12)22-17(21-15)11-3-5-13(18)14(19)9-11/h3-6,9-10,20H,7-8H2,1-2H3,(H,21,22). The first-order valence-corrected chi connectivity index (χ1v) is 10.1. The second kappa shape index (κ2) is 7.54. The van der Waals surface area contributed by atoms with Crippen molar-refractivity contribution in [2.24, 2.45) is 0 Å². The molecule has 1 heterocycles. The number of fused-ring (bicyclic) bond motifs is 1. The Bertz CT molecular complexity index is 1050. The summed E-state index contributed by atoms with van der Waals surface area (Å²) in [5, 5.41) is 0.890. The number of rotatable bonds is 6. The number of aromatic nitrogens is 2. The zero-order valence-electron chi connectivity index (χ0n) is 14.3. The topological polar surface area (TPSA) is 78.1 Å². The largest absolute Gasteiger partial charge is 0.338 e. The Morgan fingerprint density at radius 1 is 1.12 bits per heavy atom. The molecule has 0 saturated heterocycles. The predicted molar refractivity (Wildman–Crippen MR) is 105 cm³/mol.